The Balaban J connectivity index is 1.66. The molecule has 9 heteroatoms. The standard InChI is InChI=1S/C21H22F3NO5/c22-21(23,24)20(27)25-17-18(29-12-15-9-5-2-6-10-15)16(30-19(17)26)13-28-11-14-7-3-1-4-8-14/h1-10,16-19,26H,11-13H2,(H,25,27)/t16-,17+,18-,19-/m1/s1. The Morgan fingerprint density at radius 3 is 2.13 bits per heavy atom. The van der Waals surface area contributed by atoms with Gasteiger partial charge in [0.2, 0.25) is 0 Å². The predicted molar refractivity (Wildman–Crippen MR) is 100.0 cm³/mol. The highest BCUT2D eigenvalue weighted by molar-refractivity contribution is 5.82. The van der Waals surface area contributed by atoms with Crippen LogP contribution in [-0.2, 0) is 32.2 Å². The van der Waals surface area contributed by atoms with Crippen LogP contribution in [0.5, 0.6) is 0 Å². The van der Waals surface area contributed by atoms with Crippen LogP contribution in [0.25, 0.3) is 0 Å². The molecule has 162 valence electrons. The molecule has 1 amide bonds. The first-order chi connectivity index (χ1) is 14.3. The minimum absolute atomic E-state index is 0.0379. The van der Waals surface area contributed by atoms with E-state index in [1.807, 2.05) is 36.4 Å². The van der Waals surface area contributed by atoms with Crippen LogP contribution in [0.2, 0.25) is 0 Å². The summed E-state index contributed by atoms with van der Waals surface area (Å²) < 4.78 is 54.8. The fraction of sp³-hybridized carbons (Fsp3) is 0.381. The number of alkyl halides is 3. The Kier molecular flexibility index (Phi) is 7.43. The van der Waals surface area contributed by atoms with Crippen molar-refractivity contribution in [1.82, 2.24) is 5.32 Å². The van der Waals surface area contributed by atoms with E-state index >= 15 is 0 Å². The summed E-state index contributed by atoms with van der Waals surface area (Å²) in [6.45, 7) is 0.279. The van der Waals surface area contributed by atoms with Crippen LogP contribution in [0, 0.1) is 0 Å². The SMILES string of the molecule is O=C(N[C@H]1[C@H](OCc2ccccc2)[C@@H](COCc2ccccc2)O[C@H]1O)C(F)(F)F. The zero-order chi connectivity index (χ0) is 21.6. The van der Waals surface area contributed by atoms with Gasteiger partial charge in [0.05, 0.1) is 19.8 Å². The number of halogens is 3. The van der Waals surface area contributed by atoms with E-state index in [-0.39, 0.29) is 19.8 Å². The lowest BCUT2D eigenvalue weighted by molar-refractivity contribution is -0.177. The number of benzene rings is 2. The van der Waals surface area contributed by atoms with Crippen LogP contribution < -0.4 is 5.32 Å². The lowest BCUT2D eigenvalue weighted by Gasteiger charge is -2.24. The number of hydrogen-bond donors (Lipinski definition) is 2. The average Bonchev–Trinajstić information content (AvgIpc) is 3.01. The summed E-state index contributed by atoms with van der Waals surface area (Å²) in [6, 6.07) is 16.9. The van der Waals surface area contributed by atoms with Gasteiger partial charge in [-0.3, -0.25) is 4.79 Å². The van der Waals surface area contributed by atoms with E-state index in [2.05, 4.69) is 0 Å². The third-order valence-corrected chi connectivity index (χ3v) is 4.58. The monoisotopic (exact) mass is 425 g/mol. The summed E-state index contributed by atoms with van der Waals surface area (Å²) in [5.74, 6) is -2.17. The summed E-state index contributed by atoms with van der Waals surface area (Å²) in [4.78, 5) is 11.4. The summed E-state index contributed by atoms with van der Waals surface area (Å²) in [5, 5.41) is 11.9. The van der Waals surface area contributed by atoms with Crippen LogP contribution in [-0.4, -0.2) is 48.3 Å². The zero-order valence-electron chi connectivity index (χ0n) is 15.9. The number of amides is 1. The van der Waals surface area contributed by atoms with Crippen molar-refractivity contribution in [2.45, 2.75) is 43.9 Å². The molecule has 2 aromatic carbocycles. The lowest BCUT2D eigenvalue weighted by Crippen LogP contribution is -2.52. The zero-order valence-corrected chi connectivity index (χ0v) is 15.9. The number of hydrogen-bond acceptors (Lipinski definition) is 5. The number of carbonyl (C=O) groups is 1. The van der Waals surface area contributed by atoms with Gasteiger partial charge < -0.3 is 24.6 Å². The summed E-state index contributed by atoms with van der Waals surface area (Å²) >= 11 is 0. The van der Waals surface area contributed by atoms with Crippen molar-refractivity contribution in [2.24, 2.45) is 0 Å². The Morgan fingerprint density at radius 2 is 1.57 bits per heavy atom. The van der Waals surface area contributed by atoms with Crippen LogP contribution in [0.1, 0.15) is 11.1 Å². The molecule has 2 aromatic rings. The first-order valence-electron chi connectivity index (χ1n) is 9.33. The van der Waals surface area contributed by atoms with Crippen LogP contribution >= 0.6 is 0 Å². The first-order valence-corrected chi connectivity index (χ1v) is 9.33. The number of aliphatic hydroxyl groups is 1. The molecule has 3 rings (SSSR count). The van der Waals surface area contributed by atoms with Gasteiger partial charge in [0, 0.05) is 0 Å². The maximum Gasteiger partial charge on any atom is 0.471 e. The maximum absolute atomic E-state index is 12.7. The van der Waals surface area contributed by atoms with E-state index in [0.29, 0.717) is 0 Å². The molecule has 1 saturated heterocycles. The van der Waals surface area contributed by atoms with Crippen molar-refractivity contribution in [3.8, 4) is 0 Å². The Bertz CT molecular complexity index is 803. The van der Waals surface area contributed by atoms with Gasteiger partial charge in [-0.15, -0.1) is 0 Å². The number of aliphatic hydroxyl groups excluding tert-OH is 1. The number of rotatable bonds is 8. The van der Waals surface area contributed by atoms with Crippen LogP contribution in [0.15, 0.2) is 60.7 Å². The highest BCUT2D eigenvalue weighted by Crippen LogP contribution is 2.26. The lowest BCUT2D eigenvalue weighted by atomic mass is 10.1. The van der Waals surface area contributed by atoms with E-state index in [1.165, 1.54) is 0 Å². The van der Waals surface area contributed by atoms with Crippen molar-refractivity contribution < 1.29 is 37.3 Å². The molecule has 1 aliphatic heterocycles. The molecule has 0 spiro atoms. The molecule has 0 saturated carbocycles. The highest BCUT2D eigenvalue weighted by Gasteiger charge is 2.49. The third-order valence-electron chi connectivity index (χ3n) is 4.58. The van der Waals surface area contributed by atoms with Crippen molar-refractivity contribution in [1.29, 1.82) is 0 Å². The van der Waals surface area contributed by atoms with Gasteiger partial charge in [0.1, 0.15) is 18.2 Å². The number of nitrogens with one attached hydrogen (secondary N) is 1. The van der Waals surface area contributed by atoms with Gasteiger partial charge in [-0.05, 0) is 11.1 Å². The van der Waals surface area contributed by atoms with Gasteiger partial charge in [0.25, 0.3) is 0 Å². The molecule has 30 heavy (non-hydrogen) atoms. The molecular formula is C21H22F3NO5. The smallest absolute Gasteiger partial charge is 0.374 e. The fourth-order valence-electron chi connectivity index (χ4n) is 3.10. The van der Waals surface area contributed by atoms with Crippen molar-refractivity contribution in [3.63, 3.8) is 0 Å². The molecule has 4 atom stereocenters. The molecule has 6 nitrogen and oxygen atoms in total. The van der Waals surface area contributed by atoms with Gasteiger partial charge in [-0.25, -0.2) is 0 Å². The van der Waals surface area contributed by atoms with E-state index in [4.69, 9.17) is 14.2 Å². The van der Waals surface area contributed by atoms with Crippen LogP contribution in [0.3, 0.4) is 0 Å². The van der Waals surface area contributed by atoms with E-state index < -0.39 is 36.6 Å². The summed E-state index contributed by atoms with van der Waals surface area (Å²) in [7, 11) is 0. The number of carbonyl (C=O) groups excluding carboxylic acids is 1. The maximum atomic E-state index is 12.7. The second-order valence-corrected chi connectivity index (χ2v) is 6.82. The Labute approximate surface area is 171 Å². The van der Waals surface area contributed by atoms with Gasteiger partial charge in [0.15, 0.2) is 6.29 Å². The molecule has 0 bridgehead atoms. The molecule has 0 radical (unpaired) electrons. The number of ether oxygens (including phenoxy) is 3. The molecule has 1 fully saturated rings. The molecule has 1 heterocycles. The van der Waals surface area contributed by atoms with E-state index in [9.17, 15) is 23.1 Å². The second-order valence-electron chi connectivity index (χ2n) is 6.82. The summed E-state index contributed by atoms with van der Waals surface area (Å²) in [6.07, 6.45) is -8.67. The highest BCUT2D eigenvalue weighted by atomic mass is 19.4. The fourth-order valence-corrected chi connectivity index (χ4v) is 3.10. The van der Waals surface area contributed by atoms with E-state index in [0.717, 1.165) is 11.1 Å². The topological polar surface area (TPSA) is 77.0 Å². The van der Waals surface area contributed by atoms with Crippen LogP contribution in [0.4, 0.5) is 13.2 Å². The summed E-state index contributed by atoms with van der Waals surface area (Å²) in [5.41, 5.74) is 1.68. The predicted octanol–water partition coefficient (Wildman–Crippen LogP) is 2.55. The average molecular weight is 425 g/mol. The molecule has 0 aliphatic carbocycles. The van der Waals surface area contributed by atoms with Gasteiger partial charge in [-0.2, -0.15) is 13.2 Å². The molecular weight excluding hydrogens is 403 g/mol. The van der Waals surface area contributed by atoms with Gasteiger partial charge >= 0.3 is 12.1 Å². The molecule has 0 unspecified atom stereocenters. The first kappa shape index (κ1) is 22.2. The van der Waals surface area contributed by atoms with Crippen molar-refractivity contribution in [3.05, 3.63) is 71.8 Å². The third kappa shape index (κ3) is 6.02. The van der Waals surface area contributed by atoms with Crippen molar-refractivity contribution in [2.75, 3.05) is 6.61 Å². The minimum atomic E-state index is -5.09. The minimum Gasteiger partial charge on any atom is -0.374 e. The van der Waals surface area contributed by atoms with Crippen molar-refractivity contribution >= 4 is 5.91 Å². The van der Waals surface area contributed by atoms with Gasteiger partial charge in [-0.1, -0.05) is 60.7 Å². The largest absolute Gasteiger partial charge is 0.471 e. The molecule has 1 aliphatic rings. The van der Waals surface area contributed by atoms with E-state index in [1.54, 1.807) is 29.6 Å². The quantitative estimate of drug-likeness (QED) is 0.680. The Morgan fingerprint density at radius 1 is 1.00 bits per heavy atom. The molecule has 2 N–H and O–H groups in total. The second kappa shape index (κ2) is 10.0. The Hall–Kier alpha value is -2.46. The normalized spacial score (nSPS) is 24.0. The molecule has 0 aromatic heterocycles.